The van der Waals surface area contributed by atoms with E-state index < -0.39 is 4.92 Å². The Bertz CT molecular complexity index is 1200. The molecule has 6 nitrogen and oxygen atoms in total. The maximum Gasteiger partial charge on any atom is 0.269 e. The van der Waals surface area contributed by atoms with Crippen molar-refractivity contribution in [2.45, 2.75) is 31.9 Å². The number of aryl methyl sites for hydroxylation is 1. The normalized spacial score (nSPS) is 20.5. The van der Waals surface area contributed by atoms with Gasteiger partial charge in [0.15, 0.2) is 0 Å². The minimum absolute atomic E-state index is 0.0798. The van der Waals surface area contributed by atoms with Crippen LogP contribution in [0.1, 0.15) is 40.6 Å². The number of anilines is 1. The van der Waals surface area contributed by atoms with E-state index in [1.807, 2.05) is 18.2 Å². The number of fused-ring (bicyclic) bond motifs is 3. The van der Waals surface area contributed by atoms with Crippen molar-refractivity contribution in [2.24, 2.45) is 5.92 Å². The lowest BCUT2D eigenvalue weighted by atomic mass is 9.75. The highest BCUT2D eigenvalue weighted by Gasteiger charge is 2.39. The number of nitrogens with zero attached hydrogens (tertiary/aromatic N) is 1. The Balaban J connectivity index is 1.34. The summed E-state index contributed by atoms with van der Waals surface area (Å²) in [5.41, 5.74) is 5.90. The number of allylic oxidation sites excluding steroid dienone is 2. The third kappa shape index (κ3) is 3.93. The van der Waals surface area contributed by atoms with Crippen LogP contribution in [0, 0.1) is 23.0 Å². The number of ether oxygens (including phenoxy) is 2. The molecule has 0 bridgehead atoms. The van der Waals surface area contributed by atoms with Crippen LogP contribution in [0.3, 0.4) is 0 Å². The molecule has 5 rings (SSSR count). The Morgan fingerprint density at radius 1 is 1.06 bits per heavy atom. The van der Waals surface area contributed by atoms with Crippen LogP contribution in [0.2, 0.25) is 0 Å². The molecule has 3 aromatic carbocycles. The van der Waals surface area contributed by atoms with Gasteiger partial charge in [-0.1, -0.05) is 30.4 Å². The first-order valence-corrected chi connectivity index (χ1v) is 11.1. The zero-order valence-electron chi connectivity index (χ0n) is 18.7. The van der Waals surface area contributed by atoms with Crippen LogP contribution in [0.4, 0.5) is 11.4 Å². The topological polar surface area (TPSA) is 73.6 Å². The molecule has 0 saturated carbocycles. The molecule has 3 aromatic rings. The van der Waals surface area contributed by atoms with Gasteiger partial charge in [0.2, 0.25) is 0 Å². The van der Waals surface area contributed by atoms with Crippen molar-refractivity contribution in [3.8, 4) is 11.5 Å². The summed E-state index contributed by atoms with van der Waals surface area (Å²) >= 11 is 0. The van der Waals surface area contributed by atoms with E-state index in [9.17, 15) is 10.1 Å². The molecule has 33 heavy (non-hydrogen) atoms. The fourth-order valence-electron chi connectivity index (χ4n) is 5.02. The van der Waals surface area contributed by atoms with Crippen LogP contribution in [0.5, 0.6) is 11.5 Å². The van der Waals surface area contributed by atoms with E-state index in [-0.39, 0.29) is 11.7 Å². The largest absolute Gasteiger partial charge is 0.495 e. The lowest BCUT2D eigenvalue weighted by Gasteiger charge is -2.39. The van der Waals surface area contributed by atoms with E-state index in [1.165, 1.54) is 28.8 Å². The summed E-state index contributed by atoms with van der Waals surface area (Å²) in [6.07, 6.45) is 5.67. The van der Waals surface area contributed by atoms with Gasteiger partial charge in [0, 0.05) is 18.1 Å². The van der Waals surface area contributed by atoms with Gasteiger partial charge in [-0.3, -0.25) is 10.1 Å². The monoisotopic (exact) mass is 442 g/mol. The first kappa shape index (κ1) is 21.1. The highest BCUT2D eigenvalue weighted by atomic mass is 16.6. The van der Waals surface area contributed by atoms with E-state index in [0.29, 0.717) is 18.4 Å². The zero-order valence-corrected chi connectivity index (χ0v) is 18.7. The minimum atomic E-state index is -0.400. The summed E-state index contributed by atoms with van der Waals surface area (Å²) in [6.45, 7) is 2.53. The number of hydrogen-bond donors (Lipinski definition) is 1. The summed E-state index contributed by atoms with van der Waals surface area (Å²) in [5, 5.41) is 14.6. The standard InChI is InChI=1S/C27H26N2O4/c1-17-6-15-24(32-2)27-25(17)22-4-3-5-23(22)26(28-27)19-9-13-21(14-10-19)33-16-18-7-11-20(12-8-18)29(30)31/h3-4,6-15,22-23,26,28H,5,16H2,1-2H3. The van der Waals surface area contributed by atoms with Crippen molar-refractivity contribution in [1.29, 1.82) is 0 Å². The number of hydrogen-bond acceptors (Lipinski definition) is 5. The van der Waals surface area contributed by atoms with Gasteiger partial charge >= 0.3 is 0 Å². The molecule has 3 atom stereocenters. The third-order valence-corrected chi connectivity index (χ3v) is 6.71. The molecule has 1 aliphatic carbocycles. The number of rotatable bonds is 6. The highest BCUT2D eigenvalue weighted by Crippen LogP contribution is 2.53. The lowest BCUT2D eigenvalue weighted by molar-refractivity contribution is -0.384. The third-order valence-electron chi connectivity index (χ3n) is 6.71. The Labute approximate surface area is 193 Å². The Morgan fingerprint density at radius 3 is 2.52 bits per heavy atom. The predicted octanol–water partition coefficient (Wildman–Crippen LogP) is 6.32. The summed E-state index contributed by atoms with van der Waals surface area (Å²) in [5.74, 6) is 2.47. The van der Waals surface area contributed by atoms with Crippen molar-refractivity contribution in [1.82, 2.24) is 0 Å². The Morgan fingerprint density at radius 2 is 1.82 bits per heavy atom. The first-order valence-electron chi connectivity index (χ1n) is 11.1. The average molecular weight is 443 g/mol. The van der Waals surface area contributed by atoms with Crippen LogP contribution in [-0.2, 0) is 6.61 Å². The van der Waals surface area contributed by atoms with Crippen LogP contribution in [0.25, 0.3) is 0 Å². The molecule has 0 fully saturated rings. The maximum atomic E-state index is 10.8. The fourth-order valence-corrected chi connectivity index (χ4v) is 5.02. The lowest BCUT2D eigenvalue weighted by Crippen LogP contribution is -2.30. The van der Waals surface area contributed by atoms with E-state index >= 15 is 0 Å². The molecule has 1 heterocycles. The molecular formula is C27H26N2O4. The quantitative estimate of drug-likeness (QED) is 0.275. The van der Waals surface area contributed by atoms with Crippen molar-refractivity contribution in [3.63, 3.8) is 0 Å². The SMILES string of the molecule is COc1ccc(C)c2c1NC(c1ccc(OCc3ccc([N+](=O)[O-])cc3)cc1)C1CC=CC21. The maximum absolute atomic E-state index is 10.8. The number of benzene rings is 3. The number of methoxy groups -OCH3 is 1. The van der Waals surface area contributed by atoms with Gasteiger partial charge in [-0.2, -0.15) is 0 Å². The minimum Gasteiger partial charge on any atom is -0.495 e. The van der Waals surface area contributed by atoms with E-state index in [2.05, 4.69) is 42.6 Å². The van der Waals surface area contributed by atoms with Gasteiger partial charge in [-0.25, -0.2) is 0 Å². The van der Waals surface area contributed by atoms with Gasteiger partial charge in [-0.15, -0.1) is 0 Å². The van der Waals surface area contributed by atoms with E-state index in [1.54, 1.807) is 19.2 Å². The molecule has 2 aliphatic rings. The average Bonchev–Trinajstić information content (AvgIpc) is 3.33. The number of nitro groups is 1. The van der Waals surface area contributed by atoms with E-state index in [4.69, 9.17) is 9.47 Å². The summed E-state index contributed by atoms with van der Waals surface area (Å²) in [4.78, 5) is 10.4. The second-order valence-electron chi connectivity index (χ2n) is 8.63. The van der Waals surface area contributed by atoms with Crippen LogP contribution >= 0.6 is 0 Å². The fraction of sp³-hybridized carbons (Fsp3) is 0.259. The van der Waals surface area contributed by atoms with Gasteiger partial charge in [0.05, 0.1) is 23.8 Å². The summed E-state index contributed by atoms with van der Waals surface area (Å²) in [7, 11) is 1.72. The molecule has 0 amide bonds. The molecule has 3 unspecified atom stereocenters. The predicted molar refractivity (Wildman–Crippen MR) is 128 cm³/mol. The molecule has 6 heteroatoms. The van der Waals surface area contributed by atoms with Gasteiger partial charge in [0.1, 0.15) is 18.1 Å². The first-order chi connectivity index (χ1) is 16.0. The van der Waals surface area contributed by atoms with Crippen molar-refractivity contribution in [3.05, 3.63) is 105 Å². The molecule has 0 spiro atoms. The van der Waals surface area contributed by atoms with Crippen LogP contribution in [0.15, 0.2) is 72.8 Å². The van der Waals surface area contributed by atoms with Gasteiger partial charge < -0.3 is 14.8 Å². The summed E-state index contributed by atoms with van der Waals surface area (Å²) in [6, 6.07) is 19.0. The van der Waals surface area contributed by atoms with Gasteiger partial charge in [0.25, 0.3) is 5.69 Å². The number of nitro benzene ring substituents is 1. The van der Waals surface area contributed by atoms with Gasteiger partial charge in [-0.05, 0) is 71.8 Å². The van der Waals surface area contributed by atoms with Crippen LogP contribution < -0.4 is 14.8 Å². The molecule has 0 saturated heterocycles. The van der Waals surface area contributed by atoms with Crippen LogP contribution in [-0.4, -0.2) is 12.0 Å². The second kappa shape index (κ2) is 8.62. The molecule has 0 radical (unpaired) electrons. The molecule has 168 valence electrons. The van der Waals surface area contributed by atoms with Crippen molar-refractivity contribution < 1.29 is 14.4 Å². The molecule has 1 N–H and O–H groups in total. The molecular weight excluding hydrogens is 416 g/mol. The van der Waals surface area contributed by atoms with Crippen molar-refractivity contribution in [2.75, 3.05) is 12.4 Å². The molecule has 0 aromatic heterocycles. The Kier molecular flexibility index (Phi) is 5.50. The second-order valence-corrected chi connectivity index (χ2v) is 8.63. The number of non-ortho nitro benzene ring substituents is 1. The number of nitrogens with one attached hydrogen (secondary N) is 1. The molecule has 1 aliphatic heterocycles. The highest BCUT2D eigenvalue weighted by molar-refractivity contribution is 5.69. The van der Waals surface area contributed by atoms with E-state index in [0.717, 1.165) is 29.2 Å². The zero-order chi connectivity index (χ0) is 22.9. The van der Waals surface area contributed by atoms with Crippen molar-refractivity contribution >= 4 is 11.4 Å². The summed E-state index contributed by atoms with van der Waals surface area (Å²) < 4.78 is 11.6. The smallest absolute Gasteiger partial charge is 0.269 e. The Hall–Kier alpha value is -3.80.